The maximum Gasteiger partial charge on any atom is 0.246 e. The van der Waals surface area contributed by atoms with Gasteiger partial charge in [0.25, 0.3) is 0 Å². The van der Waals surface area contributed by atoms with E-state index in [1.165, 1.54) is 0 Å². The summed E-state index contributed by atoms with van der Waals surface area (Å²) in [4.78, 5) is 18.5. The van der Waals surface area contributed by atoms with Gasteiger partial charge in [0.1, 0.15) is 11.3 Å². The number of aromatic nitrogens is 1. The summed E-state index contributed by atoms with van der Waals surface area (Å²) in [6.07, 6.45) is 7.83. The minimum absolute atomic E-state index is 0.138. The highest BCUT2D eigenvalue weighted by Gasteiger charge is 2.14. The lowest BCUT2D eigenvalue weighted by Crippen LogP contribution is -2.29. The van der Waals surface area contributed by atoms with Crippen LogP contribution in [0.15, 0.2) is 59.3 Å². The van der Waals surface area contributed by atoms with Gasteiger partial charge in [0.15, 0.2) is 0 Å². The summed E-state index contributed by atoms with van der Waals surface area (Å²) in [6.45, 7) is 2.82. The third kappa shape index (κ3) is 4.42. The average molecular weight is 359 g/mol. The highest BCUT2D eigenvalue weighted by atomic mass is 16.3. The predicted molar refractivity (Wildman–Crippen MR) is 105 cm³/mol. The van der Waals surface area contributed by atoms with Crippen molar-refractivity contribution >= 4 is 23.0 Å². The molecular weight excluding hydrogens is 338 g/mol. The zero-order valence-corrected chi connectivity index (χ0v) is 15.3. The maximum atomic E-state index is 12.8. The van der Waals surface area contributed by atoms with Crippen molar-refractivity contribution in [2.45, 2.75) is 26.3 Å². The van der Waals surface area contributed by atoms with Gasteiger partial charge in [0, 0.05) is 48.9 Å². The Morgan fingerprint density at radius 1 is 1.30 bits per heavy atom. The summed E-state index contributed by atoms with van der Waals surface area (Å²) < 4.78 is 5.87. The zero-order chi connectivity index (χ0) is 19.1. The van der Waals surface area contributed by atoms with Crippen molar-refractivity contribution in [2.75, 3.05) is 6.54 Å². The summed E-state index contributed by atoms with van der Waals surface area (Å²) in [5.74, 6) is 0.720. The minimum atomic E-state index is -0.138. The van der Waals surface area contributed by atoms with Gasteiger partial charge in [-0.25, -0.2) is 0 Å². The van der Waals surface area contributed by atoms with Crippen LogP contribution in [0.5, 0.6) is 0 Å². The number of furan rings is 1. The smallest absolute Gasteiger partial charge is 0.246 e. The van der Waals surface area contributed by atoms with Crippen LogP contribution in [0.2, 0.25) is 0 Å². The van der Waals surface area contributed by atoms with Gasteiger partial charge in [0.2, 0.25) is 5.91 Å². The number of para-hydroxylation sites is 1. The highest BCUT2D eigenvalue weighted by Crippen LogP contribution is 2.27. The lowest BCUT2D eigenvalue weighted by Gasteiger charge is -2.19. The number of hydrogen-bond donors (Lipinski definition) is 0. The third-order valence-corrected chi connectivity index (χ3v) is 4.33. The van der Waals surface area contributed by atoms with E-state index in [4.69, 9.17) is 9.68 Å². The van der Waals surface area contributed by atoms with Gasteiger partial charge in [0.05, 0.1) is 12.5 Å². The van der Waals surface area contributed by atoms with E-state index in [0.717, 1.165) is 34.3 Å². The summed E-state index contributed by atoms with van der Waals surface area (Å²) in [5, 5.41) is 9.89. The molecule has 0 bridgehead atoms. The van der Waals surface area contributed by atoms with Crippen molar-refractivity contribution in [3.05, 3.63) is 71.8 Å². The third-order valence-electron chi connectivity index (χ3n) is 4.33. The van der Waals surface area contributed by atoms with E-state index in [-0.39, 0.29) is 12.3 Å². The SMILES string of the molecule is CCc1oc2ccccc2c1/C=C/C(=O)N(CCC#N)Cc1cccnc1. The van der Waals surface area contributed by atoms with Crippen LogP contribution in [0.1, 0.15) is 30.2 Å². The fourth-order valence-corrected chi connectivity index (χ4v) is 2.99. The molecule has 0 aliphatic rings. The number of nitriles is 1. The lowest BCUT2D eigenvalue weighted by molar-refractivity contribution is -0.126. The second-order valence-electron chi connectivity index (χ2n) is 6.15. The molecule has 1 aromatic carbocycles. The molecular formula is C22H21N3O2. The molecule has 0 aliphatic heterocycles. The van der Waals surface area contributed by atoms with Crippen LogP contribution >= 0.6 is 0 Å². The molecule has 0 atom stereocenters. The molecule has 136 valence electrons. The molecule has 0 saturated carbocycles. The number of aryl methyl sites for hydroxylation is 1. The predicted octanol–water partition coefficient (Wildman–Crippen LogP) is 4.35. The van der Waals surface area contributed by atoms with Crippen LogP contribution in [0.4, 0.5) is 0 Å². The van der Waals surface area contributed by atoms with Crippen molar-refractivity contribution in [3.63, 3.8) is 0 Å². The minimum Gasteiger partial charge on any atom is -0.460 e. The summed E-state index contributed by atoms with van der Waals surface area (Å²) in [7, 11) is 0. The standard InChI is InChI=1S/C22H21N3O2/c1-2-20-19(18-8-3-4-9-21(18)27-20)10-11-22(26)25(14-6-12-23)16-17-7-5-13-24-15-17/h3-5,7-11,13,15H,2,6,14,16H2,1H3/b11-10+. The first-order valence-corrected chi connectivity index (χ1v) is 8.96. The number of carbonyl (C=O) groups is 1. The fourth-order valence-electron chi connectivity index (χ4n) is 2.99. The molecule has 1 amide bonds. The van der Waals surface area contributed by atoms with E-state index >= 15 is 0 Å². The largest absolute Gasteiger partial charge is 0.460 e. The van der Waals surface area contributed by atoms with Gasteiger partial charge < -0.3 is 9.32 Å². The Kier molecular flexibility index (Phi) is 6.01. The van der Waals surface area contributed by atoms with Crippen molar-refractivity contribution < 1.29 is 9.21 Å². The summed E-state index contributed by atoms with van der Waals surface area (Å²) in [5.41, 5.74) is 2.68. The van der Waals surface area contributed by atoms with Crippen LogP contribution in [0.3, 0.4) is 0 Å². The molecule has 5 nitrogen and oxygen atoms in total. The van der Waals surface area contributed by atoms with E-state index in [9.17, 15) is 4.79 Å². The topological polar surface area (TPSA) is 70.1 Å². The maximum absolute atomic E-state index is 12.8. The van der Waals surface area contributed by atoms with Gasteiger partial charge in [-0.1, -0.05) is 31.2 Å². The Morgan fingerprint density at radius 2 is 2.15 bits per heavy atom. The molecule has 0 saturated heterocycles. The monoisotopic (exact) mass is 359 g/mol. The lowest BCUT2D eigenvalue weighted by atomic mass is 10.1. The number of carbonyl (C=O) groups excluding carboxylic acids is 1. The molecule has 27 heavy (non-hydrogen) atoms. The van der Waals surface area contributed by atoms with Crippen LogP contribution in [-0.2, 0) is 17.8 Å². The number of hydrogen-bond acceptors (Lipinski definition) is 4. The van der Waals surface area contributed by atoms with E-state index in [1.807, 2.05) is 49.4 Å². The number of rotatable bonds is 7. The van der Waals surface area contributed by atoms with Crippen molar-refractivity contribution in [3.8, 4) is 6.07 Å². The molecule has 0 fully saturated rings. The van der Waals surface area contributed by atoms with E-state index < -0.39 is 0 Å². The van der Waals surface area contributed by atoms with Gasteiger partial charge in [-0.05, 0) is 23.8 Å². The van der Waals surface area contributed by atoms with Crippen LogP contribution in [-0.4, -0.2) is 22.3 Å². The van der Waals surface area contributed by atoms with Gasteiger partial charge in [-0.2, -0.15) is 5.26 Å². The van der Waals surface area contributed by atoms with E-state index in [1.54, 1.807) is 23.4 Å². The highest BCUT2D eigenvalue weighted by molar-refractivity contribution is 5.96. The molecule has 2 heterocycles. The molecule has 0 radical (unpaired) electrons. The number of fused-ring (bicyclic) bond motifs is 1. The molecule has 0 N–H and O–H groups in total. The number of pyridine rings is 1. The van der Waals surface area contributed by atoms with Gasteiger partial charge >= 0.3 is 0 Å². The van der Waals surface area contributed by atoms with E-state index in [2.05, 4.69) is 11.1 Å². The van der Waals surface area contributed by atoms with Crippen LogP contribution in [0, 0.1) is 11.3 Å². The first-order chi connectivity index (χ1) is 13.2. The molecule has 3 aromatic rings. The quantitative estimate of drug-likeness (QED) is 0.588. The second-order valence-corrected chi connectivity index (χ2v) is 6.15. The Labute approximate surface area is 158 Å². The molecule has 0 aliphatic carbocycles. The number of benzene rings is 1. The van der Waals surface area contributed by atoms with Crippen LogP contribution in [0.25, 0.3) is 17.0 Å². The molecule has 2 aromatic heterocycles. The number of amides is 1. The Hall–Kier alpha value is -3.39. The van der Waals surface area contributed by atoms with Gasteiger partial charge in [-0.15, -0.1) is 0 Å². The number of nitrogens with zero attached hydrogens (tertiary/aromatic N) is 3. The zero-order valence-electron chi connectivity index (χ0n) is 15.3. The van der Waals surface area contributed by atoms with Crippen molar-refractivity contribution in [1.82, 2.24) is 9.88 Å². The normalized spacial score (nSPS) is 11.0. The first kappa shape index (κ1) is 18.4. The van der Waals surface area contributed by atoms with Crippen LogP contribution < -0.4 is 0 Å². The summed E-state index contributed by atoms with van der Waals surface area (Å²) in [6, 6.07) is 13.7. The Balaban J connectivity index is 1.83. The second kappa shape index (κ2) is 8.81. The Morgan fingerprint density at radius 3 is 2.89 bits per heavy atom. The summed E-state index contributed by atoms with van der Waals surface area (Å²) >= 11 is 0. The van der Waals surface area contributed by atoms with Gasteiger partial charge in [-0.3, -0.25) is 9.78 Å². The average Bonchev–Trinajstić information content (AvgIpc) is 3.07. The molecule has 0 spiro atoms. The molecule has 0 unspecified atom stereocenters. The first-order valence-electron chi connectivity index (χ1n) is 8.96. The van der Waals surface area contributed by atoms with Crippen molar-refractivity contribution in [2.24, 2.45) is 0 Å². The van der Waals surface area contributed by atoms with E-state index in [0.29, 0.717) is 13.1 Å². The fraction of sp³-hybridized carbons (Fsp3) is 0.227. The Bertz CT molecular complexity index is 984. The van der Waals surface area contributed by atoms with Crippen molar-refractivity contribution in [1.29, 1.82) is 5.26 Å². The molecule has 3 rings (SSSR count). The molecule has 5 heteroatoms.